The Labute approximate surface area is 97.1 Å². The number of nitrogens with zero attached hydrogens (tertiary/aromatic N) is 1. The zero-order chi connectivity index (χ0) is 11.5. The highest BCUT2D eigenvalue weighted by molar-refractivity contribution is 8.01. The van der Waals surface area contributed by atoms with Gasteiger partial charge in [-0.15, -0.1) is 11.8 Å². The first-order valence-corrected chi connectivity index (χ1v) is 5.66. The summed E-state index contributed by atoms with van der Waals surface area (Å²) in [6.45, 7) is 1.60. The van der Waals surface area contributed by atoms with Crippen LogP contribution in [0.5, 0.6) is 0 Å². The highest BCUT2D eigenvalue weighted by atomic mass is 32.2. The quantitative estimate of drug-likeness (QED) is 0.783. The molecule has 1 aliphatic rings. The van der Waals surface area contributed by atoms with Crippen LogP contribution < -0.4 is 5.32 Å². The predicted molar refractivity (Wildman–Crippen MR) is 62.3 cm³/mol. The Morgan fingerprint density at radius 2 is 1.94 bits per heavy atom. The van der Waals surface area contributed by atoms with Crippen molar-refractivity contribution in [2.45, 2.75) is 17.1 Å². The number of thioether (sulfide) groups is 1. The van der Waals surface area contributed by atoms with Crippen LogP contribution in [0.1, 0.15) is 6.92 Å². The van der Waals surface area contributed by atoms with Gasteiger partial charge in [0, 0.05) is 4.90 Å². The van der Waals surface area contributed by atoms with Crippen molar-refractivity contribution in [3.8, 4) is 0 Å². The summed E-state index contributed by atoms with van der Waals surface area (Å²) in [5.74, 6) is -0.332. The Hall–Kier alpha value is -1.62. The molecule has 1 heterocycles. The van der Waals surface area contributed by atoms with E-state index < -0.39 is 11.2 Å². The summed E-state index contributed by atoms with van der Waals surface area (Å²) in [6.07, 6.45) is 0. The highest BCUT2D eigenvalue weighted by Gasteiger charge is 2.31. The molecule has 1 atom stereocenters. The second-order valence-electron chi connectivity index (χ2n) is 3.34. The second-order valence-corrected chi connectivity index (χ2v) is 4.51. The first kappa shape index (κ1) is 10.9. The molecule has 1 unspecified atom stereocenters. The van der Waals surface area contributed by atoms with Crippen molar-refractivity contribution in [2.24, 2.45) is 4.99 Å². The third-order valence-corrected chi connectivity index (χ3v) is 3.24. The summed E-state index contributed by atoms with van der Waals surface area (Å²) in [7, 11) is 0. The molecular formula is C11H10N2O2S. The number of hydrogen-bond acceptors (Lipinski definition) is 3. The molecule has 1 N–H and O–H groups in total. The van der Waals surface area contributed by atoms with Crippen molar-refractivity contribution < 1.29 is 9.59 Å². The first-order valence-electron chi connectivity index (χ1n) is 4.78. The van der Waals surface area contributed by atoms with Gasteiger partial charge in [0.15, 0.2) is 5.25 Å². The largest absolute Gasteiger partial charge is 0.313 e. The lowest BCUT2D eigenvalue weighted by atomic mass is 10.3. The fourth-order valence-corrected chi connectivity index (χ4v) is 2.25. The molecule has 5 heteroatoms. The molecule has 2 rings (SSSR count). The van der Waals surface area contributed by atoms with E-state index in [9.17, 15) is 9.59 Å². The van der Waals surface area contributed by atoms with Crippen LogP contribution in [0.4, 0.5) is 0 Å². The number of carbonyl (C=O) groups is 2. The minimum absolute atomic E-state index is 0.300. The summed E-state index contributed by atoms with van der Waals surface area (Å²) >= 11 is 1.21. The lowest BCUT2D eigenvalue weighted by molar-refractivity contribution is -0.126. The van der Waals surface area contributed by atoms with Gasteiger partial charge in [-0.3, -0.25) is 9.59 Å². The van der Waals surface area contributed by atoms with Crippen LogP contribution in [0.3, 0.4) is 0 Å². The van der Waals surface area contributed by atoms with Gasteiger partial charge < -0.3 is 5.32 Å². The van der Waals surface area contributed by atoms with Gasteiger partial charge in [-0.1, -0.05) is 18.2 Å². The number of benzene rings is 1. The fraction of sp³-hybridized carbons (Fsp3) is 0.182. The molecule has 0 aromatic heterocycles. The molecule has 0 spiro atoms. The minimum Gasteiger partial charge on any atom is -0.313 e. The number of aliphatic imine (C=N–C) groups is 1. The minimum atomic E-state index is -0.772. The van der Waals surface area contributed by atoms with Gasteiger partial charge in [-0.05, 0) is 19.1 Å². The van der Waals surface area contributed by atoms with Crippen molar-refractivity contribution >= 4 is 29.4 Å². The number of hydrogen-bond donors (Lipinski definition) is 1. The molecule has 1 aromatic rings. The molecule has 0 radical (unpaired) electrons. The molecule has 0 fully saturated rings. The van der Waals surface area contributed by atoms with Crippen LogP contribution in [-0.2, 0) is 9.59 Å². The van der Waals surface area contributed by atoms with E-state index in [1.165, 1.54) is 11.8 Å². The van der Waals surface area contributed by atoms with Crippen LogP contribution in [-0.4, -0.2) is 22.9 Å². The topological polar surface area (TPSA) is 58.5 Å². The van der Waals surface area contributed by atoms with E-state index in [2.05, 4.69) is 10.3 Å². The fourth-order valence-electron chi connectivity index (χ4n) is 1.35. The zero-order valence-corrected chi connectivity index (χ0v) is 9.45. The van der Waals surface area contributed by atoms with Crippen molar-refractivity contribution in [1.82, 2.24) is 5.32 Å². The summed E-state index contributed by atoms with van der Waals surface area (Å²) < 4.78 is 0. The van der Waals surface area contributed by atoms with Crippen molar-refractivity contribution in [2.75, 3.05) is 0 Å². The van der Waals surface area contributed by atoms with Crippen molar-refractivity contribution in [3.63, 3.8) is 0 Å². The number of nitrogens with one attached hydrogen (secondary N) is 1. The Balaban J connectivity index is 2.17. The monoisotopic (exact) mass is 234 g/mol. The average Bonchev–Trinajstić information content (AvgIpc) is 2.25. The lowest BCUT2D eigenvalue weighted by Crippen LogP contribution is -2.44. The molecule has 2 amide bonds. The third-order valence-electron chi connectivity index (χ3n) is 2.04. The number of amidine groups is 1. The summed E-state index contributed by atoms with van der Waals surface area (Å²) in [4.78, 5) is 27.8. The van der Waals surface area contributed by atoms with E-state index in [1.54, 1.807) is 6.92 Å². The normalized spacial score (nSPS) is 20.3. The molecule has 4 nitrogen and oxygen atoms in total. The summed E-state index contributed by atoms with van der Waals surface area (Å²) in [6, 6.07) is 9.33. The molecule has 16 heavy (non-hydrogen) atoms. The number of carbonyl (C=O) groups excluding carboxylic acids is 2. The number of rotatable bonds is 2. The van der Waals surface area contributed by atoms with E-state index in [1.807, 2.05) is 30.3 Å². The molecule has 0 bridgehead atoms. The molecule has 0 saturated heterocycles. The van der Waals surface area contributed by atoms with Gasteiger partial charge in [0.1, 0.15) is 5.84 Å². The van der Waals surface area contributed by atoms with Crippen LogP contribution in [0.15, 0.2) is 40.2 Å². The third kappa shape index (κ3) is 2.30. The maximum atomic E-state index is 11.6. The second kappa shape index (κ2) is 4.49. The van der Waals surface area contributed by atoms with E-state index in [4.69, 9.17) is 0 Å². The molecule has 82 valence electrons. The maximum absolute atomic E-state index is 11.6. The van der Waals surface area contributed by atoms with Crippen molar-refractivity contribution in [3.05, 3.63) is 30.3 Å². The van der Waals surface area contributed by atoms with Gasteiger partial charge in [0.05, 0.1) is 0 Å². The standard InChI is InChI=1S/C11H10N2O2S/c1-7-12-10(14)9(11(15)13-7)16-8-5-3-2-4-6-8/h2-6,9H,1H3,(H,12,13,14,15). The number of amides is 2. The molecule has 1 aromatic carbocycles. The van der Waals surface area contributed by atoms with Crippen LogP contribution in [0.2, 0.25) is 0 Å². The van der Waals surface area contributed by atoms with Gasteiger partial charge in [0.2, 0.25) is 5.91 Å². The van der Waals surface area contributed by atoms with Crippen molar-refractivity contribution in [1.29, 1.82) is 0 Å². The Bertz CT molecular complexity index is 456. The molecule has 0 aliphatic carbocycles. The van der Waals surface area contributed by atoms with Gasteiger partial charge in [0.25, 0.3) is 5.91 Å². The van der Waals surface area contributed by atoms with Gasteiger partial charge >= 0.3 is 0 Å². The van der Waals surface area contributed by atoms with Gasteiger partial charge in [-0.25, -0.2) is 0 Å². The van der Waals surface area contributed by atoms with E-state index in [0.717, 1.165) is 4.90 Å². The Kier molecular flexibility index (Phi) is 3.05. The summed E-state index contributed by atoms with van der Waals surface area (Å²) in [5.41, 5.74) is 0. The van der Waals surface area contributed by atoms with E-state index >= 15 is 0 Å². The smallest absolute Gasteiger partial charge is 0.270 e. The SMILES string of the molecule is CC1=NC(=O)C(Sc2ccccc2)C(=O)N1. The summed E-state index contributed by atoms with van der Waals surface area (Å²) in [5, 5.41) is 1.78. The van der Waals surface area contributed by atoms with Crippen LogP contribution in [0, 0.1) is 0 Å². The predicted octanol–water partition coefficient (Wildman–Crippen LogP) is 1.22. The van der Waals surface area contributed by atoms with Crippen LogP contribution in [0.25, 0.3) is 0 Å². The molecule has 0 saturated carbocycles. The maximum Gasteiger partial charge on any atom is 0.270 e. The Morgan fingerprint density at radius 3 is 2.56 bits per heavy atom. The van der Waals surface area contributed by atoms with E-state index in [0.29, 0.717) is 5.84 Å². The first-order chi connectivity index (χ1) is 7.66. The highest BCUT2D eigenvalue weighted by Crippen LogP contribution is 2.25. The average molecular weight is 234 g/mol. The lowest BCUT2D eigenvalue weighted by Gasteiger charge is -2.17. The van der Waals surface area contributed by atoms with Crippen LogP contribution >= 0.6 is 11.8 Å². The molecular weight excluding hydrogens is 224 g/mol. The van der Waals surface area contributed by atoms with Gasteiger partial charge in [-0.2, -0.15) is 4.99 Å². The zero-order valence-electron chi connectivity index (χ0n) is 8.64. The Morgan fingerprint density at radius 1 is 1.25 bits per heavy atom. The van der Waals surface area contributed by atoms with E-state index in [-0.39, 0.29) is 5.91 Å². The molecule has 1 aliphatic heterocycles.